The van der Waals surface area contributed by atoms with E-state index in [2.05, 4.69) is 23.8 Å². The van der Waals surface area contributed by atoms with Crippen LogP contribution in [0.15, 0.2) is 6.07 Å². The highest BCUT2D eigenvalue weighted by atomic mass is 16.5. The Morgan fingerprint density at radius 1 is 0.889 bits per heavy atom. The van der Waals surface area contributed by atoms with Crippen LogP contribution in [0.4, 0.5) is 11.8 Å². The second kappa shape index (κ2) is 15.5. The van der Waals surface area contributed by atoms with Gasteiger partial charge in [-0.05, 0) is 12.8 Å². The highest BCUT2D eigenvalue weighted by Gasteiger charge is 2.11. The average molecular weight is 383 g/mol. The predicted molar refractivity (Wildman–Crippen MR) is 109 cm³/mol. The molecule has 0 aliphatic heterocycles. The van der Waals surface area contributed by atoms with E-state index in [1.165, 1.54) is 57.4 Å². The van der Waals surface area contributed by atoms with E-state index in [9.17, 15) is 5.21 Å². The number of unbranched alkanes of at least 4 members (excludes halogenated alkanes) is 10. The van der Waals surface area contributed by atoms with Crippen molar-refractivity contribution in [2.75, 3.05) is 23.7 Å². The Morgan fingerprint density at radius 2 is 1.48 bits per heavy atom. The lowest BCUT2D eigenvalue weighted by Crippen LogP contribution is -2.22. The van der Waals surface area contributed by atoms with E-state index in [1.54, 1.807) is 0 Å². The molecule has 7 heteroatoms. The zero-order chi connectivity index (χ0) is 19.7. The largest absolute Gasteiger partial charge is 0.477 e. The van der Waals surface area contributed by atoms with Gasteiger partial charge in [-0.25, -0.2) is 5.06 Å². The Hall–Kier alpha value is -1.60. The summed E-state index contributed by atoms with van der Waals surface area (Å²) < 4.78 is 5.68. The quantitative estimate of drug-likeness (QED) is 0.239. The molecule has 0 amide bonds. The fraction of sp³-hybridized carbons (Fsp3) is 0.800. The molecule has 0 saturated carbocycles. The van der Waals surface area contributed by atoms with E-state index < -0.39 is 0 Å². The number of ether oxygens (including phenoxy) is 1. The van der Waals surface area contributed by atoms with Crippen molar-refractivity contribution in [1.29, 1.82) is 0 Å². The molecule has 1 heterocycles. The number of hydroxylamine groups is 1. The van der Waals surface area contributed by atoms with E-state index in [4.69, 9.17) is 9.94 Å². The van der Waals surface area contributed by atoms with Crippen LogP contribution >= 0.6 is 0 Å². The second-order valence-corrected chi connectivity index (χ2v) is 7.01. The van der Waals surface area contributed by atoms with Crippen molar-refractivity contribution in [2.45, 2.75) is 90.9 Å². The zero-order valence-electron chi connectivity index (χ0n) is 17.1. The molecule has 1 rings (SSSR count). The van der Waals surface area contributed by atoms with Crippen LogP contribution < -0.4 is 15.3 Å². The molecule has 0 unspecified atom stereocenters. The minimum atomic E-state index is 0.139. The molecule has 0 aromatic carbocycles. The van der Waals surface area contributed by atoms with E-state index in [0.717, 1.165) is 30.7 Å². The first-order valence-corrected chi connectivity index (χ1v) is 10.6. The Labute approximate surface area is 164 Å². The normalized spacial score (nSPS) is 10.8. The molecule has 0 atom stereocenters. The van der Waals surface area contributed by atoms with E-state index >= 15 is 0 Å². The van der Waals surface area contributed by atoms with Gasteiger partial charge < -0.3 is 4.74 Å². The lowest BCUT2D eigenvalue weighted by Gasteiger charge is -2.16. The first kappa shape index (κ1) is 23.4. The Bertz CT molecular complexity index is 488. The summed E-state index contributed by atoms with van der Waals surface area (Å²) in [6, 6.07) is 1.53. The average Bonchev–Trinajstić information content (AvgIpc) is 2.69. The fourth-order valence-corrected chi connectivity index (χ4v) is 2.86. The van der Waals surface area contributed by atoms with Gasteiger partial charge in [0.1, 0.15) is 0 Å². The number of rotatable bonds is 17. The number of nitrogens with zero attached hydrogens (tertiary/aromatic N) is 3. The molecular formula is C20H38N4O3. The number of nitrogens with one attached hydrogen (secondary N) is 1. The molecular weight excluding hydrogens is 344 g/mol. The summed E-state index contributed by atoms with van der Waals surface area (Å²) in [6.07, 6.45) is 13.9. The third-order valence-electron chi connectivity index (χ3n) is 4.51. The smallest absolute Gasteiger partial charge is 0.254 e. The van der Waals surface area contributed by atoms with Gasteiger partial charge in [-0.2, -0.15) is 9.97 Å². The van der Waals surface area contributed by atoms with Gasteiger partial charge in [-0.3, -0.25) is 15.9 Å². The Balaban J connectivity index is 2.39. The first-order valence-electron chi connectivity index (χ1n) is 10.6. The summed E-state index contributed by atoms with van der Waals surface area (Å²) in [7, 11) is 0. The van der Waals surface area contributed by atoms with Crippen LogP contribution in [0.5, 0.6) is 5.88 Å². The van der Waals surface area contributed by atoms with Gasteiger partial charge in [0.2, 0.25) is 5.88 Å². The SMILES string of the molecule is CCCCCCCCOc1cc(NO)nc(N(O)CCCCCCCC)n1. The van der Waals surface area contributed by atoms with Crippen molar-refractivity contribution in [3.63, 3.8) is 0 Å². The number of hydrogen-bond donors (Lipinski definition) is 3. The minimum Gasteiger partial charge on any atom is -0.477 e. The summed E-state index contributed by atoms with van der Waals surface area (Å²) >= 11 is 0. The van der Waals surface area contributed by atoms with E-state index in [0.29, 0.717) is 19.0 Å². The van der Waals surface area contributed by atoms with Gasteiger partial charge in [0.25, 0.3) is 5.95 Å². The Kier molecular flexibility index (Phi) is 13.4. The van der Waals surface area contributed by atoms with Crippen LogP contribution in [-0.4, -0.2) is 33.5 Å². The van der Waals surface area contributed by atoms with Crippen LogP contribution in [0.25, 0.3) is 0 Å². The second-order valence-electron chi connectivity index (χ2n) is 7.01. The number of anilines is 2. The van der Waals surface area contributed by atoms with Crippen LogP contribution in [0, 0.1) is 0 Å². The summed E-state index contributed by atoms with van der Waals surface area (Å²) in [4.78, 5) is 8.33. The fourth-order valence-electron chi connectivity index (χ4n) is 2.86. The van der Waals surface area contributed by atoms with Crippen LogP contribution in [0.1, 0.15) is 90.9 Å². The van der Waals surface area contributed by atoms with Crippen molar-refractivity contribution >= 4 is 11.8 Å². The summed E-state index contributed by atoms with van der Waals surface area (Å²) in [6.45, 7) is 5.43. The zero-order valence-corrected chi connectivity index (χ0v) is 17.1. The number of aromatic nitrogens is 2. The predicted octanol–water partition coefficient (Wildman–Crippen LogP) is 5.57. The van der Waals surface area contributed by atoms with Crippen molar-refractivity contribution < 1.29 is 15.2 Å². The molecule has 0 bridgehead atoms. The Morgan fingerprint density at radius 3 is 2.11 bits per heavy atom. The highest BCUT2D eigenvalue weighted by Crippen LogP contribution is 2.19. The third kappa shape index (κ3) is 11.0. The van der Waals surface area contributed by atoms with Crippen molar-refractivity contribution in [3.05, 3.63) is 6.07 Å². The topological polar surface area (TPSA) is 90.7 Å². The van der Waals surface area contributed by atoms with E-state index in [-0.39, 0.29) is 11.8 Å². The van der Waals surface area contributed by atoms with Crippen molar-refractivity contribution in [3.8, 4) is 5.88 Å². The summed E-state index contributed by atoms with van der Waals surface area (Å²) in [5.74, 6) is 0.701. The maximum absolute atomic E-state index is 10.2. The third-order valence-corrected chi connectivity index (χ3v) is 4.51. The molecule has 7 nitrogen and oxygen atoms in total. The molecule has 0 aliphatic rings. The molecule has 3 N–H and O–H groups in total. The molecule has 0 spiro atoms. The van der Waals surface area contributed by atoms with Gasteiger partial charge in [0.15, 0.2) is 5.82 Å². The van der Waals surface area contributed by atoms with Crippen LogP contribution in [-0.2, 0) is 0 Å². The number of hydrogen-bond acceptors (Lipinski definition) is 7. The molecule has 0 radical (unpaired) electrons. The minimum absolute atomic E-state index is 0.139. The summed E-state index contributed by atoms with van der Waals surface area (Å²) in [5.41, 5.74) is 2.01. The van der Waals surface area contributed by atoms with Gasteiger partial charge in [-0.1, -0.05) is 78.1 Å². The van der Waals surface area contributed by atoms with Crippen LogP contribution in [0.3, 0.4) is 0 Å². The maximum Gasteiger partial charge on any atom is 0.254 e. The van der Waals surface area contributed by atoms with Crippen LogP contribution in [0.2, 0.25) is 0 Å². The lowest BCUT2D eigenvalue weighted by atomic mass is 10.1. The molecule has 0 saturated heterocycles. The maximum atomic E-state index is 10.2. The van der Waals surface area contributed by atoms with E-state index in [1.807, 2.05) is 5.48 Å². The highest BCUT2D eigenvalue weighted by molar-refractivity contribution is 5.43. The first-order chi connectivity index (χ1) is 13.2. The monoisotopic (exact) mass is 382 g/mol. The van der Waals surface area contributed by atoms with Gasteiger partial charge in [0, 0.05) is 12.6 Å². The molecule has 0 fully saturated rings. The van der Waals surface area contributed by atoms with Crippen molar-refractivity contribution in [2.24, 2.45) is 0 Å². The standard InChI is InChI=1S/C20H38N4O3/c1-3-5-7-9-11-13-15-24(26)20-21-18(23-25)17-19(22-20)27-16-14-12-10-8-6-4-2/h17,25-26H,3-16H2,1-2H3,(H,21,22,23). The molecule has 1 aromatic heterocycles. The molecule has 156 valence electrons. The molecule has 0 aliphatic carbocycles. The van der Waals surface area contributed by atoms with Gasteiger partial charge in [-0.15, -0.1) is 0 Å². The molecule has 27 heavy (non-hydrogen) atoms. The van der Waals surface area contributed by atoms with Crippen molar-refractivity contribution in [1.82, 2.24) is 9.97 Å². The van der Waals surface area contributed by atoms with Gasteiger partial charge >= 0.3 is 0 Å². The van der Waals surface area contributed by atoms with Gasteiger partial charge in [0.05, 0.1) is 6.61 Å². The summed E-state index contributed by atoms with van der Waals surface area (Å²) in [5, 5.41) is 20.4. The molecule has 1 aromatic rings. The lowest BCUT2D eigenvalue weighted by molar-refractivity contribution is 0.240.